The molecule has 0 radical (unpaired) electrons. The van der Waals surface area contributed by atoms with Gasteiger partial charge in [0.25, 0.3) is 0 Å². The summed E-state index contributed by atoms with van der Waals surface area (Å²) in [5.41, 5.74) is 2.23. The number of hydrogen-bond acceptors (Lipinski definition) is 3. The van der Waals surface area contributed by atoms with Gasteiger partial charge in [-0.05, 0) is 25.5 Å². The van der Waals surface area contributed by atoms with E-state index in [9.17, 15) is 10.1 Å². The van der Waals surface area contributed by atoms with Crippen LogP contribution in [0.15, 0.2) is 41.0 Å². The molecule has 0 spiro atoms. The van der Waals surface area contributed by atoms with Crippen molar-refractivity contribution >= 4 is 5.78 Å². The number of aryl methyl sites for hydroxylation is 2. The van der Waals surface area contributed by atoms with Gasteiger partial charge in [-0.25, -0.2) is 0 Å². The lowest BCUT2D eigenvalue weighted by Gasteiger charge is -2.08. The van der Waals surface area contributed by atoms with Crippen LogP contribution in [-0.4, -0.2) is 5.78 Å². The van der Waals surface area contributed by atoms with E-state index >= 15 is 0 Å². The minimum Gasteiger partial charge on any atom is -0.469 e. The van der Waals surface area contributed by atoms with Gasteiger partial charge < -0.3 is 4.42 Å². The van der Waals surface area contributed by atoms with E-state index in [2.05, 4.69) is 6.07 Å². The van der Waals surface area contributed by atoms with Gasteiger partial charge in [0.2, 0.25) is 0 Å². The van der Waals surface area contributed by atoms with Gasteiger partial charge in [0.1, 0.15) is 11.7 Å². The van der Waals surface area contributed by atoms with Crippen LogP contribution in [0, 0.1) is 25.2 Å². The number of benzene rings is 1. The summed E-state index contributed by atoms with van der Waals surface area (Å²) in [6, 6.07) is 11.1. The van der Waals surface area contributed by atoms with Crippen LogP contribution in [0.2, 0.25) is 0 Å². The van der Waals surface area contributed by atoms with E-state index in [1.807, 2.05) is 25.1 Å². The summed E-state index contributed by atoms with van der Waals surface area (Å²) in [6.45, 7) is 3.66. The second-order valence-electron chi connectivity index (χ2n) is 4.23. The molecular weight excluding hydrogens is 226 g/mol. The predicted octanol–water partition coefficient (Wildman–Crippen LogP) is 3.39. The Hall–Kier alpha value is -2.34. The normalized spacial score (nSPS) is 11.8. The van der Waals surface area contributed by atoms with Crippen molar-refractivity contribution in [1.82, 2.24) is 0 Å². The van der Waals surface area contributed by atoms with Crippen LogP contribution >= 0.6 is 0 Å². The predicted molar refractivity (Wildman–Crippen MR) is 67.3 cm³/mol. The van der Waals surface area contributed by atoms with E-state index in [-0.39, 0.29) is 5.78 Å². The van der Waals surface area contributed by atoms with Crippen molar-refractivity contribution in [2.75, 3.05) is 0 Å². The van der Waals surface area contributed by atoms with Crippen molar-refractivity contribution in [3.05, 3.63) is 59.0 Å². The van der Waals surface area contributed by atoms with Crippen LogP contribution in [0.25, 0.3) is 0 Å². The van der Waals surface area contributed by atoms with Gasteiger partial charge in [0.15, 0.2) is 5.78 Å². The Bertz CT molecular complexity index is 619. The summed E-state index contributed by atoms with van der Waals surface area (Å²) >= 11 is 0. The molecule has 2 rings (SSSR count). The van der Waals surface area contributed by atoms with Gasteiger partial charge in [-0.1, -0.05) is 29.8 Å². The van der Waals surface area contributed by atoms with E-state index in [0.717, 1.165) is 11.1 Å². The number of furan rings is 1. The highest BCUT2D eigenvalue weighted by Gasteiger charge is 2.24. The smallest absolute Gasteiger partial charge is 0.187 e. The van der Waals surface area contributed by atoms with Crippen LogP contribution in [0.5, 0.6) is 0 Å². The van der Waals surface area contributed by atoms with Crippen LogP contribution in [0.4, 0.5) is 0 Å². The summed E-state index contributed by atoms with van der Waals surface area (Å²) < 4.78 is 5.11. The van der Waals surface area contributed by atoms with Gasteiger partial charge in [-0.2, -0.15) is 5.26 Å². The average Bonchev–Trinajstić information content (AvgIpc) is 2.76. The Morgan fingerprint density at radius 1 is 1.33 bits per heavy atom. The van der Waals surface area contributed by atoms with Crippen molar-refractivity contribution in [3.8, 4) is 6.07 Å². The number of carbonyl (C=O) groups is 1. The standard InChI is InChI=1S/C15H13NO2/c1-10-4-3-5-12(8-10)14(9-16)15(17)13-6-7-18-11(13)2/h3-8,14H,1-2H3. The number of carbonyl (C=O) groups excluding carboxylic acids is 1. The van der Waals surface area contributed by atoms with Crippen molar-refractivity contribution in [2.45, 2.75) is 19.8 Å². The lowest BCUT2D eigenvalue weighted by Crippen LogP contribution is -2.11. The fourth-order valence-electron chi connectivity index (χ4n) is 1.93. The molecule has 0 amide bonds. The highest BCUT2D eigenvalue weighted by Crippen LogP contribution is 2.23. The first-order chi connectivity index (χ1) is 8.63. The fraction of sp³-hybridized carbons (Fsp3) is 0.200. The monoisotopic (exact) mass is 239 g/mol. The molecule has 0 bridgehead atoms. The van der Waals surface area contributed by atoms with Gasteiger partial charge in [0.05, 0.1) is 17.9 Å². The molecule has 3 nitrogen and oxygen atoms in total. The second-order valence-corrected chi connectivity index (χ2v) is 4.23. The first-order valence-electron chi connectivity index (χ1n) is 5.68. The maximum Gasteiger partial charge on any atom is 0.187 e. The molecule has 90 valence electrons. The molecule has 1 aromatic heterocycles. The molecule has 1 aromatic carbocycles. The molecule has 1 unspecified atom stereocenters. The molecule has 2 aromatic rings. The molecule has 3 heteroatoms. The molecule has 18 heavy (non-hydrogen) atoms. The minimum atomic E-state index is -0.777. The number of hydrogen-bond donors (Lipinski definition) is 0. The van der Waals surface area contributed by atoms with E-state index in [1.165, 1.54) is 6.26 Å². The first-order valence-corrected chi connectivity index (χ1v) is 5.68. The Kier molecular flexibility index (Phi) is 3.29. The highest BCUT2D eigenvalue weighted by atomic mass is 16.3. The zero-order chi connectivity index (χ0) is 13.1. The topological polar surface area (TPSA) is 54.0 Å². The summed E-state index contributed by atoms with van der Waals surface area (Å²) in [7, 11) is 0. The Morgan fingerprint density at radius 3 is 2.67 bits per heavy atom. The third-order valence-electron chi connectivity index (χ3n) is 2.89. The number of ketones is 1. The number of nitriles is 1. The van der Waals surface area contributed by atoms with E-state index in [4.69, 9.17) is 4.42 Å². The maximum atomic E-state index is 12.3. The fourth-order valence-corrected chi connectivity index (χ4v) is 1.93. The molecule has 0 aliphatic carbocycles. The lowest BCUT2D eigenvalue weighted by atomic mass is 9.91. The van der Waals surface area contributed by atoms with Crippen LogP contribution in [-0.2, 0) is 0 Å². The zero-order valence-electron chi connectivity index (χ0n) is 10.3. The maximum absolute atomic E-state index is 12.3. The quantitative estimate of drug-likeness (QED) is 0.771. The molecule has 0 aliphatic heterocycles. The van der Waals surface area contributed by atoms with Crippen LogP contribution in [0.3, 0.4) is 0 Å². The van der Waals surface area contributed by atoms with Crippen LogP contribution < -0.4 is 0 Å². The third kappa shape index (κ3) is 2.18. The van der Waals surface area contributed by atoms with E-state index in [0.29, 0.717) is 11.3 Å². The van der Waals surface area contributed by atoms with Crippen molar-refractivity contribution in [1.29, 1.82) is 5.26 Å². The molecular formula is C15H13NO2. The molecule has 1 heterocycles. The number of Topliss-reactive ketones (excluding diaryl/α,β-unsaturated/α-hetero) is 1. The lowest BCUT2D eigenvalue weighted by molar-refractivity contribution is 0.0977. The summed E-state index contributed by atoms with van der Waals surface area (Å²) in [6.07, 6.45) is 1.47. The van der Waals surface area contributed by atoms with E-state index in [1.54, 1.807) is 19.1 Å². The number of rotatable bonds is 3. The zero-order valence-corrected chi connectivity index (χ0v) is 10.3. The van der Waals surface area contributed by atoms with Gasteiger partial charge in [-0.15, -0.1) is 0 Å². The van der Waals surface area contributed by atoms with Crippen molar-refractivity contribution < 1.29 is 9.21 Å². The first kappa shape index (κ1) is 12.1. The highest BCUT2D eigenvalue weighted by molar-refractivity contribution is 6.03. The van der Waals surface area contributed by atoms with Gasteiger partial charge in [-0.3, -0.25) is 4.79 Å². The van der Waals surface area contributed by atoms with Crippen molar-refractivity contribution in [3.63, 3.8) is 0 Å². The largest absolute Gasteiger partial charge is 0.469 e. The third-order valence-corrected chi connectivity index (χ3v) is 2.89. The molecule has 0 saturated heterocycles. The van der Waals surface area contributed by atoms with Crippen molar-refractivity contribution in [2.24, 2.45) is 0 Å². The summed E-state index contributed by atoms with van der Waals surface area (Å²) in [4.78, 5) is 12.3. The summed E-state index contributed by atoms with van der Waals surface area (Å²) in [5, 5.41) is 9.23. The Morgan fingerprint density at radius 2 is 2.11 bits per heavy atom. The second kappa shape index (κ2) is 4.89. The number of nitrogens with zero attached hydrogens (tertiary/aromatic N) is 1. The van der Waals surface area contributed by atoms with Crippen LogP contribution in [0.1, 0.15) is 33.2 Å². The molecule has 0 aliphatic rings. The summed E-state index contributed by atoms with van der Waals surface area (Å²) in [5.74, 6) is -0.441. The van der Waals surface area contributed by atoms with Gasteiger partial charge >= 0.3 is 0 Å². The average molecular weight is 239 g/mol. The van der Waals surface area contributed by atoms with E-state index < -0.39 is 5.92 Å². The minimum absolute atomic E-state index is 0.214. The SMILES string of the molecule is Cc1cccc(C(C#N)C(=O)c2ccoc2C)c1. The van der Waals surface area contributed by atoms with Gasteiger partial charge in [0, 0.05) is 0 Å². The molecule has 0 N–H and O–H groups in total. The Labute approximate surface area is 106 Å². The molecule has 1 atom stereocenters. The Balaban J connectivity index is 2.39. The molecule has 0 fully saturated rings. The molecule has 0 saturated carbocycles.